The Morgan fingerprint density at radius 3 is 2.67 bits per heavy atom. The van der Waals surface area contributed by atoms with Crippen molar-refractivity contribution in [1.82, 2.24) is 4.57 Å². The maximum absolute atomic E-state index is 12.1. The van der Waals surface area contributed by atoms with Gasteiger partial charge in [-0.15, -0.1) is 0 Å². The van der Waals surface area contributed by atoms with Crippen molar-refractivity contribution in [3.8, 4) is 0 Å². The predicted molar refractivity (Wildman–Crippen MR) is 97.4 cm³/mol. The second kappa shape index (κ2) is 6.19. The minimum Gasteiger partial charge on any atom is -0.338 e. The maximum Gasteiger partial charge on any atom is 0.244 e. The highest BCUT2D eigenvalue weighted by Crippen LogP contribution is 2.21. The molecule has 0 saturated carbocycles. The minimum atomic E-state index is -0.0309. The summed E-state index contributed by atoms with van der Waals surface area (Å²) in [6.45, 7) is 0.303. The largest absolute Gasteiger partial charge is 0.338 e. The highest BCUT2D eigenvalue weighted by Gasteiger charge is 2.07. The molecule has 0 aliphatic rings. The normalized spacial score (nSPS) is 10.8. The van der Waals surface area contributed by atoms with Gasteiger partial charge in [-0.3, -0.25) is 4.79 Å². The highest BCUT2D eigenvalue weighted by molar-refractivity contribution is 14.1. The lowest BCUT2D eigenvalue weighted by Gasteiger charge is -2.07. The van der Waals surface area contributed by atoms with Gasteiger partial charge in [-0.25, -0.2) is 0 Å². The number of benzene rings is 2. The molecule has 3 rings (SSSR count). The molecular weight excluding hydrogens is 443 g/mol. The van der Waals surface area contributed by atoms with E-state index in [2.05, 4.69) is 43.8 Å². The fraction of sp³-hybridized carbons (Fsp3) is 0.0625. The summed E-state index contributed by atoms with van der Waals surface area (Å²) in [5.41, 5.74) is 1.87. The van der Waals surface area contributed by atoms with Crippen LogP contribution in [0.3, 0.4) is 0 Å². The number of amides is 1. The number of aromatic nitrogens is 1. The summed E-state index contributed by atoms with van der Waals surface area (Å²) in [5, 5.41) is 4.03. The van der Waals surface area contributed by atoms with Gasteiger partial charge in [-0.2, -0.15) is 0 Å². The van der Waals surface area contributed by atoms with Crippen LogP contribution in [-0.2, 0) is 11.3 Å². The molecule has 3 nitrogen and oxygen atoms in total. The van der Waals surface area contributed by atoms with Crippen LogP contribution in [0, 0.1) is 3.57 Å². The predicted octanol–water partition coefficient (Wildman–Crippen LogP) is 4.65. The van der Waals surface area contributed by atoms with Gasteiger partial charge in [0.05, 0.1) is 0 Å². The molecule has 2 aromatic carbocycles. The average Bonchev–Trinajstić information content (AvgIpc) is 2.83. The van der Waals surface area contributed by atoms with Crippen molar-refractivity contribution in [2.75, 3.05) is 5.32 Å². The van der Waals surface area contributed by atoms with Gasteiger partial charge >= 0.3 is 0 Å². The van der Waals surface area contributed by atoms with E-state index in [-0.39, 0.29) is 5.91 Å². The van der Waals surface area contributed by atoms with Crippen LogP contribution in [0.15, 0.2) is 59.2 Å². The molecule has 1 heterocycles. The molecule has 0 saturated heterocycles. The number of rotatable bonds is 3. The summed E-state index contributed by atoms with van der Waals surface area (Å²) >= 11 is 5.69. The Labute approximate surface area is 144 Å². The molecule has 1 aromatic heterocycles. The first-order valence-corrected chi connectivity index (χ1v) is 8.29. The second-order valence-electron chi connectivity index (χ2n) is 4.70. The summed E-state index contributed by atoms with van der Waals surface area (Å²) in [4.78, 5) is 12.1. The van der Waals surface area contributed by atoms with Gasteiger partial charge in [0, 0.05) is 30.8 Å². The number of hydrogen-bond donors (Lipinski definition) is 1. The first-order chi connectivity index (χ1) is 10.1. The van der Waals surface area contributed by atoms with Crippen LogP contribution in [-0.4, -0.2) is 10.5 Å². The van der Waals surface area contributed by atoms with E-state index < -0.39 is 0 Å². The van der Waals surface area contributed by atoms with Crippen LogP contribution in [0.4, 0.5) is 5.69 Å². The monoisotopic (exact) mass is 454 g/mol. The van der Waals surface area contributed by atoms with Crippen molar-refractivity contribution >= 4 is 61.0 Å². The molecule has 106 valence electrons. The lowest BCUT2D eigenvalue weighted by molar-refractivity contribution is -0.116. The molecule has 0 atom stereocenters. The minimum absolute atomic E-state index is 0.0309. The van der Waals surface area contributed by atoms with Gasteiger partial charge in [0.25, 0.3) is 0 Å². The van der Waals surface area contributed by atoms with E-state index >= 15 is 0 Å². The Morgan fingerprint density at radius 1 is 1.14 bits per heavy atom. The molecule has 1 N–H and O–H groups in total. The molecular formula is C16H12BrIN2O. The lowest BCUT2D eigenvalue weighted by Crippen LogP contribution is -2.18. The van der Waals surface area contributed by atoms with Gasteiger partial charge in [-0.1, -0.05) is 15.9 Å². The Kier molecular flexibility index (Phi) is 4.30. The van der Waals surface area contributed by atoms with E-state index in [0.29, 0.717) is 6.54 Å². The Balaban J connectivity index is 1.75. The first kappa shape index (κ1) is 14.6. The van der Waals surface area contributed by atoms with E-state index in [9.17, 15) is 4.79 Å². The molecule has 0 unspecified atom stereocenters. The number of carbonyl (C=O) groups excluding carboxylic acids is 1. The van der Waals surface area contributed by atoms with Crippen molar-refractivity contribution in [1.29, 1.82) is 0 Å². The summed E-state index contributed by atoms with van der Waals surface area (Å²) in [6.07, 6.45) is 1.94. The third-order valence-corrected chi connectivity index (χ3v) is 4.39. The van der Waals surface area contributed by atoms with Gasteiger partial charge < -0.3 is 9.88 Å². The van der Waals surface area contributed by atoms with Gasteiger partial charge in [0.15, 0.2) is 0 Å². The number of nitrogens with zero attached hydrogens (tertiary/aromatic N) is 1. The summed E-state index contributed by atoms with van der Waals surface area (Å²) in [5.74, 6) is -0.0309. The fourth-order valence-electron chi connectivity index (χ4n) is 2.20. The van der Waals surface area contributed by atoms with Gasteiger partial charge in [0.2, 0.25) is 5.91 Å². The van der Waals surface area contributed by atoms with Crippen molar-refractivity contribution in [3.05, 3.63) is 62.8 Å². The van der Waals surface area contributed by atoms with Crippen molar-refractivity contribution in [2.45, 2.75) is 6.54 Å². The number of halogens is 2. The zero-order valence-electron chi connectivity index (χ0n) is 11.0. The third-order valence-electron chi connectivity index (χ3n) is 3.17. The Morgan fingerprint density at radius 2 is 1.90 bits per heavy atom. The molecule has 5 heteroatoms. The van der Waals surface area contributed by atoms with E-state index in [4.69, 9.17) is 0 Å². The Bertz CT molecular complexity index is 796. The standard InChI is InChI=1S/C16H12BrIN2O/c17-12-1-6-15-11(9-12)7-8-20(15)10-16(21)19-14-4-2-13(18)3-5-14/h1-9H,10H2,(H,19,21). The Hall–Kier alpha value is -1.34. The van der Waals surface area contributed by atoms with E-state index in [0.717, 1.165) is 24.6 Å². The number of anilines is 1. The lowest BCUT2D eigenvalue weighted by atomic mass is 10.2. The molecule has 0 bridgehead atoms. The molecule has 3 aromatic rings. The van der Waals surface area contributed by atoms with Crippen LogP contribution in [0.1, 0.15) is 0 Å². The quantitative estimate of drug-likeness (QED) is 0.574. The van der Waals surface area contributed by atoms with Crippen LogP contribution in [0.5, 0.6) is 0 Å². The summed E-state index contributed by atoms with van der Waals surface area (Å²) in [7, 11) is 0. The van der Waals surface area contributed by atoms with Crippen molar-refractivity contribution in [3.63, 3.8) is 0 Å². The number of hydrogen-bond acceptors (Lipinski definition) is 1. The van der Waals surface area contributed by atoms with E-state index in [1.54, 1.807) is 0 Å². The SMILES string of the molecule is O=C(Cn1ccc2cc(Br)ccc21)Nc1ccc(I)cc1. The second-order valence-corrected chi connectivity index (χ2v) is 6.86. The number of carbonyl (C=O) groups is 1. The molecule has 21 heavy (non-hydrogen) atoms. The van der Waals surface area contributed by atoms with Crippen LogP contribution in [0.2, 0.25) is 0 Å². The van der Waals surface area contributed by atoms with Crippen LogP contribution >= 0.6 is 38.5 Å². The maximum atomic E-state index is 12.1. The smallest absolute Gasteiger partial charge is 0.244 e. The zero-order valence-corrected chi connectivity index (χ0v) is 14.8. The van der Waals surface area contributed by atoms with Crippen molar-refractivity contribution < 1.29 is 4.79 Å². The summed E-state index contributed by atoms with van der Waals surface area (Å²) in [6, 6.07) is 15.8. The zero-order chi connectivity index (χ0) is 14.8. The number of nitrogens with one attached hydrogen (secondary N) is 1. The molecule has 0 radical (unpaired) electrons. The molecule has 0 fully saturated rings. The molecule has 0 aliphatic heterocycles. The van der Waals surface area contributed by atoms with E-state index in [1.165, 1.54) is 0 Å². The highest BCUT2D eigenvalue weighted by atomic mass is 127. The van der Waals surface area contributed by atoms with E-state index in [1.807, 2.05) is 59.3 Å². The number of fused-ring (bicyclic) bond motifs is 1. The van der Waals surface area contributed by atoms with Crippen LogP contribution < -0.4 is 5.32 Å². The molecule has 0 spiro atoms. The van der Waals surface area contributed by atoms with Gasteiger partial charge in [0.1, 0.15) is 6.54 Å². The third kappa shape index (κ3) is 3.47. The van der Waals surface area contributed by atoms with Crippen molar-refractivity contribution in [2.24, 2.45) is 0 Å². The van der Waals surface area contributed by atoms with Crippen LogP contribution in [0.25, 0.3) is 10.9 Å². The average molecular weight is 455 g/mol. The first-order valence-electron chi connectivity index (χ1n) is 6.42. The topological polar surface area (TPSA) is 34.0 Å². The molecule has 0 aliphatic carbocycles. The summed E-state index contributed by atoms with van der Waals surface area (Å²) < 4.78 is 4.13. The molecule has 1 amide bonds. The van der Waals surface area contributed by atoms with Gasteiger partial charge in [-0.05, 0) is 71.1 Å². The fourth-order valence-corrected chi connectivity index (χ4v) is 2.94.